The van der Waals surface area contributed by atoms with E-state index in [9.17, 15) is 0 Å². The Morgan fingerprint density at radius 1 is 1.08 bits per heavy atom. The Hall–Kier alpha value is 3.17. The molecule has 0 saturated carbocycles. The maximum atomic E-state index is 5.70. The second kappa shape index (κ2) is 17.1. The summed E-state index contributed by atoms with van der Waals surface area (Å²) in [7, 11) is 6.50. The number of nitrogens with zero attached hydrogens (tertiary/aromatic N) is 2. The summed E-state index contributed by atoms with van der Waals surface area (Å²) in [5.41, 5.74) is 5.70. The molecule has 140 valence electrons. The van der Waals surface area contributed by atoms with Crippen LogP contribution in [-0.2, 0) is 74.9 Å². The molecule has 7 unspecified atom stereocenters. The van der Waals surface area contributed by atoms with Gasteiger partial charge in [-0.2, -0.15) is 0 Å². The van der Waals surface area contributed by atoms with Gasteiger partial charge in [0.15, 0.2) is 0 Å². The number of hydrogen-bond acceptors (Lipinski definition) is 5. The van der Waals surface area contributed by atoms with Crippen molar-refractivity contribution in [2.24, 2.45) is 5.50 Å². The van der Waals surface area contributed by atoms with Crippen LogP contribution in [0, 0.1) is 21.3 Å². The van der Waals surface area contributed by atoms with Gasteiger partial charge < -0.3 is 41.2 Å². The minimum atomic E-state index is -0.897. The normalized spacial score (nSPS) is 32.1. The van der Waals surface area contributed by atoms with Crippen molar-refractivity contribution in [3.63, 3.8) is 0 Å². The molecule has 0 aromatic heterocycles. The van der Waals surface area contributed by atoms with Crippen molar-refractivity contribution >= 4 is 32.5 Å². The van der Waals surface area contributed by atoms with Gasteiger partial charge in [0.05, 0.1) is 11.7 Å². The minimum Gasteiger partial charge on any atom is -0.400 e. The van der Waals surface area contributed by atoms with Crippen LogP contribution in [0.4, 0.5) is 0 Å². The quantitative estimate of drug-likeness (QED) is 0.414. The van der Waals surface area contributed by atoms with Gasteiger partial charge in [-0.05, 0) is 20.1 Å². The standard InChI is InChI=1S/C7H17N2OP2.C6H13NOP.CH3.2Y/c1-6-3-9(5-12(2)8)4-7(11)10-6;1-5-3-7(2)4-6(9)8-5;;;/h6-7,12H,1-5,8,11H2;5-6H,1,3-4,9H2,2H3;1H3;;/q3*-1;;. The predicted octanol–water partition coefficient (Wildman–Crippen LogP) is 0.997. The predicted molar refractivity (Wildman–Crippen MR) is 107 cm³/mol. The minimum absolute atomic E-state index is 0. The zero-order chi connectivity index (χ0) is 16.0. The van der Waals surface area contributed by atoms with Crippen molar-refractivity contribution in [1.29, 1.82) is 0 Å². The summed E-state index contributed by atoms with van der Waals surface area (Å²) >= 11 is 0. The first-order chi connectivity index (χ1) is 9.76. The molecule has 0 spiro atoms. The van der Waals surface area contributed by atoms with Crippen LogP contribution >= 0.6 is 26.2 Å². The summed E-state index contributed by atoms with van der Waals surface area (Å²) in [5, 5.41) is 0. The third kappa shape index (κ3) is 15.1. The number of nitrogens with two attached hydrogens (primary N) is 1. The van der Waals surface area contributed by atoms with Crippen LogP contribution in [0.5, 0.6) is 0 Å². The largest absolute Gasteiger partial charge is 0.400 e. The Kier molecular flexibility index (Phi) is 22.6. The van der Waals surface area contributed by atoms with Crippen LogP contribution in [0.15, 0.2) is 0 Å². The van der Waals surface area contributed by atoms with E-state index < -0.39 is 7.70 Å². The van der Waals surface area contributed by atoms with Crippen LogP contribution in [0.25, 0.3) is 0 Å². The second-order valence-electron chi connectivity index (χ2n) is 5.67. The fourth-order valence-corrected chi connectivity index (χ4v) is 4.36. The third-order valence-electron chi connectivity index (χ3n) is 3.07. The molecule has 2 fully saturated rings. The van der Waals surface area contributed by atoms with Crippen molar-refractivity contribution in [3.05, 3.63) is 21.3 Å². The zero-order valence-corrected chi connectivity index (χ0v) is 24.0. The molecular formula is C14H33N3O2P3Y2-3. The van der Waals surface area contributed by atoms with Crippen molar-refractivity contribution in [2.45, 2.75) is 23.9 Å². The van der Waals surface area contributed by atoms with E-state index in [1.165, 1.54) is 0 Å². The molecule has 2 aliphatic heterocycles. The Balaban J connectivity index is -0.000000336. The second-order valence-corrected chi connectivity index (χ2v) is 8.79. The van der Waals surface area contributed by atoms with Crippen molar-refractivity contribution in [1.82, 2.24) is 9.80 Å². The molecule has 2 rings (SSSR count). The molecule has 2 N–H and O–H groups in total. The van der Waals surface area contributed by atoms with Crippen molar-refractivity contribution in [3.8, 4) is 0 Å². The number of rotatable bonds is 2. The van der Waals surface area contributed by atoms with Gasteiger partial charge in [-0.1, -0.05) is 26.2 Å². The molecule has 0 amide bonds. The van der Waals surface area contributed by atoms with E-state index >= 15 is 0 Å². The Bertz CT molecular complexity index is 311. The molecule has 0 bridgehead atoms. The van der Waals surface area contributed by atoms with Gasteiger partial charge in [0, 0.05) is 84.8 Å². The van der Waals surface area contributed by atoms with E-state index in [-0.39, 0.29) is 96.7 Å². The number of morpholine rings is 2. The first-order valence-electron chi connectivity index (χ1n) is 7.08. The molecule has 2 heterocycles. The third-order valence-corrected chi connectivity index (χ3v) is 4.66. The van der Waals surface area contributed by atoms with E-state index in [2.05, 4.69) is 55.5 Å². The van der Waals surface area contributed by atoms with Crippen molar-refractivity contribution < 1.29 is 74.9 Å². The van der Waals surface area contributed by atoms with Crippen molar-refractivity contribution in [2.75, 3.05) is 39.5 Å². The Morgan fingerprint density at radius 3 is 1.92 bits per heavy atom. The summed E-state index contributed by atoms with van der Waals surface area (Å²) in [4.78, 5) is 4.50. The molecule has 7 atom stereocenters. The fourth-order valence-electron chi connectivity index (χ4n) is 2.43. The van der Waals surface area contributed by atoms with E-state index in [0.29, 0.717) is 0 Å². The first kappa shape index (κ1) is 31.9. The molecule has 0 aromatic carbocycles. The number of hydrogen-bond donors (Lipinski definition) is 1. The smallest absolute Gasteiger partial charge is 0.0803 e. The maximum absolute atomic E-state index is 5.70. The molecule has 0 aliphatic carbocycles. The van der Waals surface area contributed by atoms with Crippen LogP contribution in [-0.4, -0.2) is 79.5 Å². The molecule has 2 aliphatic rings. The fraction of sp³-hybridized carbons (Fsp3) is 0.714. The van der Waals surface area contributed by atoms with Gasteiger partial charge in [0.1, 0.15) is 0 Å². The Morgan fingerprint density at radius 2 is 1.54 bits per heavy atom. The molecule has 24 heavy (non-hydrogen) atoms. The molecule has 0 aromatic rings. The molecule has 10 heteroatoms. The zero-order valence-electron chi connectivity index (χ0n) is 15.1. The van der Waals surface area contributed by atoms with Gasteiger partial charge in [0.25, 0.3) is 0 Å². The van der Waals surface area contributed by atoms with Gasteiger partial charge >= 0.3 is 0 Å². The van der Waals surface area contributed by atoms with Gasteiger partial charge in [-0.25, -0.2) is 0 Å². The summed E-state index contributed by atoms with van der Waals surface area (Å²) in [6, 6.07) is 0. The van der Waals surface area contributed by atoms with Gasteiger partial charge in [-0.15, -0.1) is 18.5 Å². The summed E-state index contributed by atoms with van der Waals surface area (Å²) < 4.78 is 10.8. The Labute approximate surface area is 205 Å². The topological polar surface area (TPSA) is 51.0 Å². The van der Waals surface area contributed by atoms with Crippen LogP contribution in [0.1, 0.15) is 0 Å². The molecule has 2 saturated heterocycles. The van der Waals surface area contributed by atoms with E-state index in [4.69, 9.17) is 15.0 Å². The first-order valence-corrected chi connectivity index (χ1v) is 10.4. The molecular weight excluding hydrogens is 513 g/mol. The summed E-state index contributed by atoms with van der Waals surface area (Å²) in [5.74, 6) is 0.467. The number of likely N-dealkylation sites (N-methyl/N-ethyl adjacent to an activating group) is 1. The van der Waals surface area contributed by atoms with Gasteiger partial charge in [0.2, 0.25) is 0 Å². The van der Waals surface area contributed by atoms with Crippen LogP contribution in [0.2, 0.25) is 0 Å². The maximum Gasteiger partial charge on any atom is 0.0803 e. The molecule has 2 radical (unpaired) electrons. The monoisotopic (exact) mass is 546 g/mol. The summed E-state index contributed by atoms with van der Waals surface area (Å²) in [6.45, 7) is 11.5. The van der Waals surface area contributed by atoms with E-state index in [0.717, 1.165) is 32.5 Å². The summed E-state index contributed by atoms with van der Waals surface area (Å²) in [6.07, 6.45) is 4.99. The van der Waals surface area contributed by atoms with Crippen LogP contribution in [0.3, 0.4) is 0 Å². The average molecular weight is 546 g/mol. The van der Waals surface area contributed by atoms with Gasteiger partial charge in [-0.3, -0.25) is 4.90 Å². The van der Waals surface area contributed by atoms with Crippen LogP contribution < -0.4 is 5.50 Å². The average Bonchev–Trinajstić information content (AvgIpc) is 2.24. The number of ether oxygens (including phenoxy) is 2. The SMILES string of the molecule is C=[PH](N)CN1CC([CH2-])OC(P)C1.[CH2-]C1CN(C)CC(P)O1.[CH3-].[Y].[Y]. The van der Waals surface area contributed by atoms with E-state index in [1.807, 2.05) is 0 Å². The van der Waals surface area contributed by atoms with E-state index in [1.54, 1.807) is 0 Å². The molecule has 5 nitrogen and oxygen atoms in total.